The van der Waals surface area contributed by atoms with E-state index < -0.39 is 0 Å². The van der Waals surface area contributed by atoms with Crippen LogP contribution < -0.4 is 0 Å². The van der Waals surface area contributed by atoms with Crippen LogP contribution in [0.4, 0.5) is 0 Å². The van der Waals surface area contributed by atoms with Crippen molar-refractivity contribution in [2.75, 3.05) is 53.6 Å². The number of carbonyl (C=O) groups is 2. The van der Waals surface area contributed by atoms with Gasteiger partial charge in [-0.15, -0.1) is 0 Å². The molecule has 0 rings (SSSR count). The fraction of sp³-hybridized carbons (Fsp3) is 0.900. The third-order valence-electron chi connectivity index (χ3n) is 3.95. The lowest BCUT2D eigenvalue weighted by atomic mass is 10.1. The Morgan fingerprint density at radius 3 is 1.35 bits per heavy atom. The Morgan fingerprint density at radius 1 is 0.692 bits per heavy atom. The van der Waals surface area contributed by atoms with Crippen LogP contribution in [0.15, 0.2) is 0 Å². The van der Waals surface area contributed by atoms with Crippen molar-refractivity contribution in [1.82, 2.24) is 9.80 Å². The summed E-state index contributed by atoms with van der Waals surface area (Å²) in [5, 5.41) is 0. The van der Waals surface area contributed by atoms with E-state index in [0.29, 0.717) is 51.1 Å². The molecule has 0 aliphatic carbocycles. The molecule has 0 heterocycles. The van der Waals surface area contributed by atoms with E-state index in [1.807, 2.05) is 14.1 Å². The van der Waals surface area contributed by atoms with E-state index in [2.05, 4.69) is 27.7 Å². The quantitative estimate of drug-likeness (QED) is 0.415. The third kappa shape index (κ3) is 14.1. The zero-order valence-electron chi connectivity index (χ0n) is 17.8. The molecule has 0 aromatic rings. The first kappa shape index (κ1) is 24.9. The van der Waals surface area contributed by atoms with Crippen LogP contribution in [0.25, 0.3) is 0 Å². The number of ether oxygens (including phenoxy) is 2. The summed E-state index contributed by atoms with van der Waals surface area (Å²) >= 11 is 0. The molecule has 0 aromatic heterocycles. The molecule has 0 atom stereocenters. The van der Waals surface area contributed by atoms with Gasteiger partial charge in [0.2, 0.25) is 11.8 Å². The van der Waals surface area contributed by atoms with Crippen molar-refractivity contribution in [2.24, 2.45) is 11.8 Å². The van der Waals surface area contributed by atoms with Crippen LogP contribution in [0, 0.1) is 11.8 Å². The Labute approximate surface area is 160 Å². The predicted molar refractivity (Wildman–Crippen MR) is 105 cm³/mol. The SMILES string of the molecule is CC(C)CC(=O)N(C)CCCOCCOCCCN(C)C(=O)CC(C)C. The summed E-state index contributed by atoms with van der Waals surface area (Å²) < 4.78 is 11.1. The Kier molecular flexibility index (Phi) is 14.3. The summed E-state index contributed by atoms with van der Waals surface area (Å²) in [5.41, 5.74) is 0. The van der Waals surface area contributed by atoms with Gasteiger partial charge in [0, 0.05) is 53.2 Å². The van der Waals surface area contributed by atoms with E-state index in [4.69, 9.17) is 9.47 Å². The Bertz CT molecular complexity index is 350. The van der Waals surface area contributed by atoms with Crippen molar-refractivity contribution >= 4 is 11.8 Å². The van der Waals surface area contributed by atoms with Crippen molar-refractivity contribution in [3.8, 4) is 0 Å². The van der Waals surface area contributed by atoms with Gasteiger partial charge < -0.3 is 19.3 Å². The average molecular weight is 373 g/mol. The Morgan fingerprint density at radius 2 is 1.04 bits per heavy atom. The van der Waals surface area contributed by atoms with Gasteiger partial charge in [-0.25, -0.2) is 0 Å². The van der Waals surface area contributed by atoms with Gasteiger partial charge in [-0.1, -0.05) is 27.7 Å². The molecule has 0 aliphatic rings. The molecule has 0 radical (unpaired) electrons. The number of carbonyl (C=O) groups excluding carboxylic acids is 2. The molecule has 0 unspecified atom stereocenters. The van der Waals surface area contributed by atoms with Gasteiger partial charge in [0.15, 0.2) is 0 Å². The van der Waals surface area contributed by atoms with E-state index in [1.165, 1.54) is 0 Å². The summed E-state index contributed by atoms with van der Waals surface area (Å²) in [6.07, 6.45) is 2.87. The second kappa shape index (κ2) is 15.0. The molecule has 6 nitrogen and oxygen atoms in total. The molecule has 0 saturated carbocycles. The molecule has 26 heavy (non-hydrogen) atoms. The van der Waals surface area contributed by atoms with Crippen LogP contribution in [-0.4, -0.2) is 75.2 Å². The second-order valence-electron chi connectivity index (χ2n) is 7.76. The third-order valence-corrected chi connectivity index (χ3v) is 3.95. The second-order valence-corrected chi connectivity index (χ2v) is 7.76. The normalized spacial score (nSPS) is 11.2. The fourth-order valence-corrected chi connectivity index (χ4v) is 2.39. The van der Waals surface area contributed by atoms with Crippen molar-refractivity contribution < 1.29 is 19.1 Å². The highest BCUT2D eigenvalue weighted by atomic mass is 16.5. The average Bonchev–Trinajstić information content (AvgIpc) is 2.54. The maximum Gasteiger partial charge on any atom is 0.222 e. The lowest BCUT2D eigenvalue weighted by Gasteiger charge is -2.18. The highest BCUT2D eigenvalue weighted by Gasteiger charge is 2.10. The monoisotopic (exact) mass is 372 g/mol. The molecular formula is C20H40N2O4. The molecule has 0 fully saturated rings. The zero-order chi connectivity index (χ0) is 19.9. The zero-order valence-corrected chi connectivity index (χ0v) is 17.8. The molecule has 0 saturated heterocycles. The topological polar surface area (TPSA) is 59.1 Å². The van der Waals surface area contributed by atoms with Crippen molar-refractivity contribution in [3.63, 3.8) is 0 Å². The van der Waals surface area contributed by atoms with Gasteiger partial charge in [-0.3, -0.25) is 9.59 Å². The van der Waals surface area contributed by atoms with Crippen LogP contribution in [-0.2, 0) is 19.1 Å². The van der Waals surface area contributed by atoms with E-state index in [9.17, 15) is 9.59 Å². The molecule has 154 valence electrons. The Balaban J connectivity index is 3.46. The molecule has 6 heteroatoms. The largest absolute Gasteiger partial charge is 0.379 e. The predicted octanol–water partition coefficient (Wildman–Crippen LogP) is 2.81. The molecule has 0 aromatic carbocycles. The van der Waals surface area contributed by atoms with E-state index in [1.54, 1.807) is 9.80 Å². The van der Waals surface area contributed by atoms with Crippen LogP contribution >= 0.6 is 0 Å². The minimum Gasteiger partial charge on any atom is -0.379 e. The van der Waals surface area contributed by atoms with Crippen LogP contribution in [0.3, 0.4) is 0 Å². The van der Waals surface area contributed by atoms with E-state index in [0.717, 1.165) is 25.9 Å². The number of hydrogen-bond acceptors (Lipinski definition) is 4. The highest BCUT2D eigenvalue weighted by molar-refractivity contribution is 5.76. The molecule has 0 N–H and O–H groups in total. The highest BCUT2D eigenvalue weighted by Crippen LogP contribution is 2.04. The smallest absolute Gasteiger partial charge is 0.222 e. The molecule has 0 bridgehead atoms. The first-order valence-electron chi connectivity index (χ1n) is 9.87. The lowest BCUT2D eigenvalue weighted by molar-refractivity contribution is -0.131. The molecular weight excluding hydrogens is 332 g/mol. The standard InChI is InChI=1S/C20H40N2O4/c1-17(2)15-19(23)21(5)9-7-11-25-13-14-26-12-8-10-22(6)20(24)16-18(3)4/h17-18H,7-16H2,1-6H3. The summed E-state index contributed by atoms with van der Waals surface area (Å²) in [6.45, 7) is 12.0. The van der Waals surface area contributed by atoms with Gasteiger partial charge in [0.25, 0.3) is 0 Å². The van der Waals surface area contributed by atoms with Crippen LogP contribution in [0.2, 0.25) is 0 Å². The van der Waals surface area contributed by atoms with Crippen molar-refractivity contribution in [3.05, 3.63) is 0 Å². The summed E-state index contributed by atoms with van der Waals surface area (Å²) in [6, 6.07) is 0. The van der Waals surface area contributed by atoms with E-state index >= 15 is 0 Å². The minimum absolute atomic E-state index is 0.195. The number of amides is 2. The van der Waals surface area contributed by atoms with Gasteiger partial charge >= 0.3 is 0 Å². The van der Waals surface area contributed by atoms with Gasteiger partial charge in [-0.2, -0.15) is 0 Å². The summed E-state index contributed by atoms with van der Waals surface area (Å²) in [5.74, 6) is 1.18. The van der Waals surface area contributed by atoms with E-state index in [-0.39, 0.29) is 11.8 Å². The first-order valence-corrected chi connectivity index (χ1v) is 9.87. The maximum atomic E-state index is 11.8. The number of hydrogen-bond donors (Lipinski definition) is 0. The van der Waals surface area contributed by atoms with Crippen LogP contribution in [0.1, 0.15) is 53.4 Å². The van der Waals surface area contributed by atoms with Gasteiger partial charge in [0.05, 0.1) is 13.2 Å². The molecule has 0 aliphatic heterocycles. The summed E-state index contributed by atoms with van der Waals surface area (Å²) in [7, 11) is 3.69. The van der Waals surface area contributed by atoms with Crippen molar-refractivity contribution in [1.29, 1.82) is 0 Å². The molecule has 2 amide bonds. The number of nitrogens with zero attached hydrogens (tertiary/aromatic N) is 2. The summed E-state index contributed by atoms with van der Waals surface area (Å²) in [4.78, 5) is 27.2. The van der Waals surface area contributed by atoms with Gasteiger partial charge in [-0.05, 0) is 24.7 Å². The lowest BCUT2D eigenvalue weighted by Crippen LogP contribution is -2.29. The molecule has 0 spiro atoms. The maximum absolute atomic E-state index is 11.8. The van der Waals surface area contributed by atoms with Crippen molar-refractivity contribution in [2.45, 2.75) is 53.4 Å². The Hall–Kier alpha value is -1.14. The first-order chi connectivity index (χ1) is 12.2. The fourth-order valence-electron chi connectivity index (χ4n) is 2.39. The number of rotatable bonds is 15. The van der Waals surface area contributed by atoms with Gasteiger partial charge in [0.1, 0.15) is 0 Å². The van der Waals surface area contributed by atoms with Crippen LogP contribution in [0.5, 0.6) is 0 Å². The minimum atomic E-state index is 0.195.